The highest BCUT2D eigenvalue weighted by Crippen LogP contribution is 2.28. The van der Waals surface area contributed by atoms with Crippen molar-refractivity contribution in [3.05, 3.63) is 15.6 Å². The number of ether oxygens (including phenoxy) is 1. The van der Waals surface area contributed by atoms with E-state index < -0.39 is 0 Å². The van der Waals surface area contributed by atoms with Gasteiger partial charge in [-0.05, 0) is 20.8 Å². The highest BCUT2D eigenvalue weighted by atomic mass is 32.1. The Morgan fingerprint density at radius 1 is 1.54 bits per heavy atom. The Labute approximate surface area is 82.9 Å². The van der Waals surface area contributed by atoms with Crippen molar-refractivity contribution in [2.75, 3.05) is 7.11 Å². The maximum absolute atomic E-state index is 6.02. The molecule has 2 N–H and O–H groups in total. The van der Waals surface area contributed by atoms with Crippen molar-refractivity contribution in [2.24, 2.45) is 5.73 Å². The molecule has 0 bridgehead atoms. The number of nitrogens with zero attached hydrogens (tertiary/aromatic N) is 1. The number of rotatable bonds is 3. The summed E-state index contributed by atoms with van der Waals surface area (Å²) in [6.45, 7) is 6.50. The minimum Gasteiger partial charge on any atom is -0.378 e. The van der Waals surface area contributed by atoms with Crippen molar-refractivity contribution in [2.45, 2.75) is 32.9 Å². The molecule has 0 aliphatic carbocycles. The van der Waals surface area contributed by atoms with E-state index in [0.717, 1.165) is 15.6 Å². The smallest absolute Gasteiger partial charge is 0.0901 e. The number of nitrogens with two attached hydrogens (primary N) is 1. The monoisotopic (exact) mass is 200 g/mol. The summed E-state index contributed by atoms with van der Waals surface area (Å²) in [7, 11) is 1.67. The van der Waals surface area contributed by atoms with Gasteiger partial charge in [-0.25, -0.2) is 4.98 Å². The summed E-state index contributed by atoms with van der Waals surface area (Å²) in [6, 6.07) is 0. The van der Waals surface area contributed by atoms with Crippen LogP contribution < -0.4 is 5.73 Å². The lowest BCUT2D eigenvalue weighted by atomic mass is 10.0. The van der Waals surface area contributed by atoms with Gasteiger partial charge in [-0.3, -0.25) is 0 Å². The second-order valence-electron chi connectivity index (χ2n) is 3.66. The Hall–Kier alpha value is -0.450. The maximum Gasteiger partial charge on any atom is 0.0901 e. The first-order chi connectivity index (χ1) is 5.95. The Morgan fingerprint density at radius 3 is 2.62 bits per heavy atom. The van der Waals surface area contributed by atoms with E-state index in [9.17, 15) is 0 Å². The van der Waals surface area contributed by atoms with Crippen molar-refractivity contribution >= 4 is 11.3 Å². The molecule has 3 nitrogen and oxygen atoms in total. The predicted octanol–water partition coefficient (Wildman–Crippen LogP) is 1.79. The number of aryl methyl sites for hydroxylation is 1. The van der Waals surface area contributed by atoms with Gasteiger partial charge in [-0.2, -0.15) is 0 Å². The molecule has 13 heavy (non-hydrogen) atoms. The van der Waals surface area contributed by atoms with Crippen LogP contribution in [0.15, 0.2) is 0 Å². The molecule has 74 valence electrons. The van der Waals surface area contributed by atoms with Crippen molar-refractivity contribution in [3.8, 4) is 0 Å². The third-order valence-electron chi connectivity index (χ3n) is 1.67. The topological polar surface area (TPSA) is 48.1 Å². The molecule has 0 saturated heterocycles. The Bertz CT molecular complexity index is 288. The highest BCUT2D eigenvalue weighted by Gasteiger charge is 2.22. The molecule has 0 unspecified atom stereocenters. The molecule has 4 heteroatoms. The fourth-order valence-corrected chi connectivity index (χ4v) is 2.14. The highest BCUT2D eigenvalue weighted by molar-refractivity contribution is 7.11. The van der Waals surface area contributed by atoms with Gasteiger partial charge in [0.15, 0.2) is 0 Å². The third-order valence-corrected chi connectivity index (χ3v) is 3.02. The molecule has 0 aliphatic rings. The van der Waals surface area contributed by atoms with Crippen LogP contribution in [-0.2, 0) is 16.9 Å². The zero-order valence-electron chi connectivity index (χ0n) is 8.55. The molecule has 0 spiro atoms. The van der Waals surface area contributed by atoms with Crippen molar-refractivity contribution in [1.29, 1.82) is 0 Å². The molecule has 1 heterocycles. The summed E-state index contributed by atoms with van der Waals surface area (Å²) in [4.78, 5) is 5.50. The Balaban J connectivity index is 3.04. The minimum absolute atomic E-state index is 0.320. The lowest BCUT2D eigenvalue weighted by Gasteiger charge is -2.17. The zero-order valence-corrected chi connectivity index (χ0v) is 9.36. The normalized spacial score (nSPS) is 12.1. The van der Waals surface area contributed by atoms with Gasteiger partial charge in [0.25, 0.3) is 0 Å². The van der Waals surface area contributed by atoms with Crippen LogP contribution in [0, 0.1) is 6.92 Å². The van der Waals surface area contributed by atoms with Crippen LogP contribution in [0.1, 0.15) is 29.4 Å². The first-order valence-electron chi connectivity index (χ1n) is 4.19. The van der Waals surface area contributed by atoms with E-state index in [1.54, 1.807) is 18.4 Å². The van der Waals surface area contributed by atoms with Gasteiger partial charge in [0.1, 0.15) is 0 Å². The van der Waals surface area contributed by atoms with E-state index in [4.69, 9.17) is 10.5 Å². The molecule has 0 atom stereocenters. The van der Waals surface area contributed by atoms with Crippen LogP contribution in [-0.4, -0.2) is 12.1 Å². The summed E-state index contributed by atoms with van der Waals surface area (Å²) in [6.07, 6.45) is 0. The maximum atomic E-state index is 6.02. The van der Waals surface area contributed by atoms with Crippen molar-refractivity contribution in [3.63, 3.8) is 0 Å². The summed E-state index contributed by atoms with van der Waals surface area (Å²) >= 11 is 1.65. The molecule has 0 fully saturated rings. The van der Waals surface area contributed by atoms with E-state index in [2.05, 4.69) is 4.98 Å². The van der Waals surface area contributed by atoms with E-state index in [1.807, 2.05) is 20.8 Å². The number of methoxy groups -OCH3 is 1. The Kier molecular flexibility index (Phi) is 3.05. The van der Waals surface area contributed by atoms with Crippen LogP contribution in [0.25, 0.3) is 0 Å². The van der Waals surface area contributed by atoms with E-state index >= 15 is 0 Å². The molecule has 0 amide bonds. The first-order valence-corrected chi connectivity index (χ1v) is 5.01. The summed E-state index contributed by atoms with van der Waals surface area (Å²) in [5.74, 6) is 0. The van der Waals surface area contributed by atoms with Crippen LogP contribution >= 0.6 is 11.3 Å². The van der Waals surface area contributed by atoms with Crippen LogP contribution in [0.5, 0.6) is 0 Å². The Morgan fingerprint density at radius 2 is 2.15 bits per heavy atom. The molecule has 0 radical (unpaired) electrons. The largest absolute Gasteiger partial charge is 0.378 e. The molecule has 1 rings (SSSR count). The standard InChI is InChI=1S/C9H16N2OS/c1-6-11-7(5-12-4)8(13-6)9(2,3)10/h5,10H2,1-4H3. The average molecular weight is 200 g/mol. The van der Waals surface area contributed by atoms with Gasteiger partial charge in [0, 0.05) is 17.5 Å². The fraction of sp³-hybridized carbons (Fsp3) is 0.667. The molecule has 0 aromatic carbocycles. The van der Waals surface area contributed by atoms with E-state index in [0.29, 0.717) is 6.61 Å². The van der Waals surface area contributed by atoms with E-state index in [1.165, 1.54) is 0 Å². The second kappa shape index (κ2) is 3.74. The third kappa shape index (κ3) is 2.49. The van der Waals surface area contributed by atoms with Gasteiger partial charge >= 0.3 is 0 Å². The van der Waals surface area contributed by atoms with Gasteiger partial charge < -0.3 is 10.5 Å². The molecular formula is C9H16N2OS. The van der Waals surface area contributed by atoms with E-state index in [-0.39, 0.29) is 5.54 Å². The lowest BCUT2D eigenvalue weighted by molar-refractivity contribution is 0.180. The van der Waals surface area contributed by atoms with Gasteiger partial charge in [0.05, 0.1) is 17.3 Å². The van der Waals surface area contributed by atoms with Gasteiger partial charge in [-0.15, -0.1) is 11.3 Å². The van der Waals surface area contributed by atoms with Gasteiger partial charge in [0.2, 0.25) is 0 Å². The van der Waals surface area contributed by atoms with Gasteiger partial charge in [-0.1, -0.05) is 0 Å². The molecular weight excluding hydrogens is 184 g/mol. The number of aromatic nitrogens is 1. The van der Waals surface area contributed by atoms with Crippen LogP contribution in [0.4, 0.5) is 0 Å². The molecule has 0 saturated carbocycles. The summed E-state index contributed by atoms with van der Waals surface area (Å²) < 4.78 is 5.07. The zero-order chi connectivity index (χ0) is 10.1. The predicted molar refractivity (Wildman–Crippen MR) is 54.8 cm³/mol. The van der Waals surface area contributed by atoms with Crippen molar-refractivity contribution < 1.29 is 4.74 Å². The number of thiazole rings is 1. The fourth-order valence-electron chi connectivity index (χ4n) is 1.21. The molecule has 0 aliphatic heterocycles. The van der Waals surface area contributed by atoms with Crippen LogP contribution in [0.3, 0.4) is 0 Å². The molecule has 1 aromatic rings. The molecule has 1 aromatic heterocycles. The summed E-state index contributed by atoms with van der Waals surface area (Å²) in [5.41, 5.74) is 6.67. The van der Waals surface area contributed by atoms with Crippen LogP contribution in [0.2, 0.25) is 0 Å². The average Bonchev–Trinajstić information content (AvgIpc) is 2.30. The first kappa shape index (κ1) is 10.6. The SMILES string of the molecule is COCc1nc(C)sc1C(C)(C)N. The van der Waals surface area contributed by atoms with Crippen molar-refractivity contribution in [1.82, 2.24) is 4.98 Å². The summed E-state index contributed by atoms with van der Waals surface area (Å²) in [5, 5.41) is 1.04. The second-order valence-corrected chi connectivity index (χ2v) is 4.87. The number of hydrogen-bond donors (Lipinski definition) is 1. The lowest BCUT2D eigenvalue weighted by Crippen LogP contribution is -2.28. The quantitative estimate of drug-likeness (QED) is 0.809. The minimum atomic E-state index is -0.320. The number of hydrogen-bond acceptors (Lipinski definition) is 4.